The summed E-state index contributed by atoms with van der Waals surface area (Å²) in [6, 6.07) is 10.4. The molecule has 6 heteroatoms. The van der Waals surface area contributed by atoms with Gasteiger partial charge in [-0.05, 0) is 41.5 Å². The average Bonchev–Trinajstić information content (AvgIpc) is 2.54. The standard InChI is InChI=1S/C17H14Cl2O4/c1-22-15-6-3-11(4-7-17(20)21)9-16(15)23-10-12-2-5-13(18)14(19)8-12/h2-9H,10H2,1H3,(H,20,21)/b7-4+. The van der Waals surface area contributed by atoms with Gasteiger partial charge in [-0.1, -0.05) is 35.3 Å². The largest absolute Gasteiger partial charge is 0.493 e. The summed E-state index contributed by atoms with van der Waals surface area (Å²) in [6.07, 6.45) is 2.54. The van der Waals surface area contributed by atoms with Gasteiger partial charge in [0.25, 0.3) is 0 Å². The summed E-state index contributed by atoms with van der Waals surface area (Å²) in [4.78, 5) is 10.6. The predicted molar refractivity (Wildman–Crippen MR) is 90.5 cm³/mol. The summed E-state index contributed by atoms with van der Waals surface area (Å²) in [6.45, 7) is 0.277. The van der Waals surface area contributed by atoms with Gasteiger partial charge in [0.05, 0.1) is 17.2 Å². The van der Waals surface area contributed by atoms with Gasteiger partial charge in [-0.2, -0.15) is 0 Å². The topological polar surface area (TPSA) is 55.8 Å². The van der Waals surface area contributed by atoms with Crippen LogP contribution in [-0.4, -0.2) is 18.2 Å². The van der Waals surface area contributed by atoms with Gasteiger partial charge in [-0.3, -0.25) is 0 Å². The van der Waals surface area contributed by atoms with E-state index in [9.17, 15) is 4.79 Å². The van der Waals surface area contributed by atoms with Crippen molar-refractivity contribution in [3.8, 4) is 11.5 Å². The molecule has 0 heterocycles. The van der Waals surface area contributed by atoms with Gasteiger partial charge in [0, 0.05) is 6.08 Å². The van der Waals surface area contributed by atoms with Crippen LogP contribution in [0.15, 0.2) is 42.5 Å². The molecule has 0 radical (unpaired) electrons. The van der Waals surface area contributed by atoms with Crippen molar-refractivity contribution in [2.24, 2.45) is 0 Å². The van der Waals surface area contributed by atoms with Crippen LogP contribution in [0.3, 0.4) is 0 Å². The van der Waals surface area contributed by atoms with Gasteiger partial charge in [0.15, 0.2) is 11.5 Å². The van der Waals surface area contributed by atoms with E-state index in [-0.39, 0.29) is 6.61 Å². The van der Waals surface area contributed by atoms with Crippen molar-refractivity contribution in [1.29, 1.82) is 0 Å². The number of ether oxygens (including phenoxy) is 2. The maximum atomic E-state index is 10.6. The van der Waals surface area contributed by atoms with Crippen molar-refractivity contribution >= 4 is 35.2 Å². The third-order valence-electron chi connectivity index (χ3n) is 2.98. The van der Waals surface area contributed by atoms with Crippen LogP contribution in [0.25, 0.3) is 6.08 Å². The van der Waals surface area contributed by atoms with Crippen LogP contribution >= 0.6 is 23.2 Å². The van der Waals surface area contributed by atoms with E-state index in [1.54, 1.807) is 30.3 Å². The first kappa shape index (κ1) is 17.2. The number of aliphatic carboxylic acids is 1. The molecule has 0 fully saturated rings. The molecular weight excluding hydrogens is 339 g/mol. The van der Waals surface area contributed by atoms with E-state index in [1.807, 2.05) is 6.07 Å². The lowest BCUT2D eigenvalue weighted by molar-refractivity contribution is -0.131. The molecule has 2 rings (SSSR count). The Balaban J connectivity index is 2.18. The number of halogens is 2. The predicted octanol–water partition coefficient (Wildman–Crippen LogP) is 4.68. The Hall–Kier alpha value is -2.17. The van der Waals surface area contributed by atoms with Crippen LogP contribution in [0.1, 0.15) is 11.1 Å². The fraction of sp³-hybridized carbons (Fsp3) is 0.118. The summed E-state index contributed by atoms with van der Waals surface area (Å²) in [7, 11) is 1.54. The first-order valence-corrected chi connectivity index (χ1v) is 7.41. The molecule has 2 aromatic rings. The first-order chi connectivity index (χ1) is 11.0. The van der Waals surface area contributed by atoms with E-state index in [0.29, 0.717) is 27.1 Å². The monoisotopic (exact) mass is 352 g/mol. The summed E-state index contributed by atoms with van der Waals surface area (Å²) in [5, 5.41) is 9.62. The molecule has 4 nitrogen and oxygen atoms in total. The van der Waals surface area contributed by atoms with Gasteiger partial charge >= 0.3 is 5.97 Å². The van der Waals surface area contributed by atoms with Crippen LogP contribution in [0, 0.1) is 0 Å². The van der Waals surface area contributed by atoms with Gasteiger partial charge in [0.1, 0.15) is 6.61 Å². The number of hydrogen-bond donors (Lipinski definition) is 1. The summed E-state index contributed by atoms with van der Waals surface area (Å²) < 4.78 is 11.0. The number of benzene rings is 2. The van der Waals surface area contributed by atoms with E-state index >= 15 is 0 Å². The second-order valence-corrected chi connectivity index (χ2v) is 5.43. The normalized spacial score (nSPS) is 10.7. The molecule has 0 unspecified atom stereocenters. The lowest BCUT2D eigenvalue weighted by Gasteiger charge is -2.12. The molecule has 23 heavy (non-hydrogen) atoms. The fourth-order valence-corrected chi connectivity index (χ4v) is 2.19. The Morgan fingerprint density at radius 3 is 2.57 bits per heavy atom. The molecule has 0 spiro atoms. The zero-order valence-corrected chi connectivity index (χ0v) is 13.8. The first-order valence-electron chi connectivity index (χ1n) is 6.65. The van der Waals surface area contributed by atoms with Crippen LogP contribution in [0.2, 0.25) is 10.0 Å². The molecule has 0 aliphatic carbocycles. The van der Waals surface area contributed by atoms with Gasteiger partial charge in [0.2, 0.25) is 0 Å². The number of methoxy groups -OCH3 is 1. The van der Waals surface area contributed by atoms with Gasteiger partial charge < -0.3 is 14.6 Å². The zero-order valence-electron chi connectivity index (χ0n) is 12.3. The highest BCUT2D eigenvalue weighted by Crippen LogP contribution is 2.30. The van der Waals surface area contributed by atoms with E-state index < -0.39 is 5.97 Å². The van der Waals surface area contributed by atoms with Crippen molar-refractivity contribution in [3.63, 3.8) is 0 Å². The second kappa shape index (κ2) is 7.90. The summed E-state index contributed by atoms with van der Waals surface area (Å²) in [5.41, 5.74) is 1.55. The van der Waals surface area contributed by atoms with Crippen molar-refractivity contribution in [2.75, 3.05) is 7.11 Å². The maximum Gasteiger partial charge on any atom is 0.328 e. The second-order valence-electron chi connectivity index (χ2n) is 4.62. The van der Waals surface area contributed by atoms with Gasteiger partial charge in [-0.25, -0.2) is 4.79 Å². The minimum absolute atomic E-state index is 0.277. The Morgan fingerprint density at radius 1 is 1.13 bits per heavy atom. The number of carbonyl (C=O) groups is 1. The van der Waals surface area contributed by atoms with E-state index in [1.165, 1.54) is 13.2 Å². The number of carboxylic acids is 1. The molecule has 0 aromatic heterocycles. The van der Waals surface area contributed by atoms with E-state index in [0.717, 1.165) is 11.6 Å². The molecule has 0 atom stereocenters. The average molecular weight is 353 g/mol. The Labute approximate surface area is 143 Å². The van der Waals surface area contributed by atoms with Crippen molar-refractivity contribution < 1.29 is 19.4 Å². The minimum Gasteiger partial charge on any atom is -0.493 e. The quantitative estimate of drug-likeness (QED) is 0.767. The smallest absolute Gasteiger partial charge is 0.328 e. The van der Waals surface area contributed by atoms with Crippen LogP contribution in [0.4, 0.5) is 0 Å². The molecule has 1 N–H and O–H groups in total. The molecule has 0 aliphatic rings. The highest BCUT2D eigenvalue weighted by Gasteiger charge is 2.07. The SMILES string of the molecule is COc1ccc(/C=C/C(=O)O)cc1OCc1ccc(Cl)c(Cl)c1. The Bertz CT molecular complexity index is 741. The summed E-state index contributed by atoms with van der Waals surface area (Å²) >= 11 is 11.9. The summed E-state index contributed by atoms with van der Waals surface area (Å²) in [5.74, 6) is 0.0442. The molecule has 0 saturated carbocycles. The maximum absolute atomic E-state index is 10.6. The molecular formula is C17H14Cl2O4. The molecule has 0 aliphatic heterocycles. The third-order valence-corrected chi connectivity index (χ3v) is 3.72. The minimum atomic E-state index is -1.01. The highest BCUT2D eigenvalue weighted by molar-refractivity contribution is 6.42. The van der Waals surface area contributed by atoms with Crippen LogP contribution in [0.5, 0.6) is 11.5 Å². The van der Waals surface area contributed by atoms with Crippen molar-refractivity contribution in [3.05, 3.63) is 63.6 Å². The molecule has 0 bridgehead atoms. The van der Waals surface area contributed by atoms with E-state index in [2.05, 4.69) is 0 Å². The van der Waals surface area contributed by atoms with E-state index in [4.69, 9.17) is 37.8 Å². The number of carboxylic acid groups (broad SMARTS) is 1. The lowest BCUT2D eigenvalue weighted by atomic mass is 10.2. The van der Waals surface area contributed by atoms with Gasteiger partial charge in [-0.15, -0.1) is 0 Å². The molecule has 0 amide bonds. The zero-order chi connectivity index (χ0) is 16.8. The highest BCUT2D eigenvalue weighted by atomic mass is 35.5. The van der Waals surface area contributed by atoms with Crippen LogP contribution < -0.4 is 9.47 Å². The number of rotatable bonds is 6. The Kier molecular flexibility index (Phi) is 5.90. The van der Waals surface area contributed by atoms with Crippen molar-refractivity contribution in [2.45, 2.75) is 6.61 Å². The lowest BCUT2D eigenvalue weighted by Crippen LogP contribution is -1.98. The fourth-order valence-electron chi connectivity index (χ4n) is 1.87. The number of hydrogen-bond acceptors (Lipinski definition) is 3. The molecule has 0 saturated heterocycles. The third kappa shape index (κ3) is 4.91. The Morgan fingerprint density at radius 2 is 1.91 bits per heavy atom. The molecule has 2 aromatic carbocycles. The molecule has 120 valence electrons. The van der Waals surface area contributed by atoms with Crippen molar-refractivity contribution in [1.82, 2.24) is 0 Å². The van der Waals surface area contributed by atoms with Crippen LogP contribution in [-0.2, 0) is 11.4 Å².